The predicted octanol–water partition coefficient (Wildman–Crippen LogP) is 4.59. The summed E-state index contributed by atoms with van der Waals surface area (Å²) in [7, 11) is 4.56. The maximum absolute atomic E-state index is 13.3. The fourth-order valence-electron chi connectivity index (χ4n) is 3.78. The third kappa shape index (κ3) is 5.63. The largest absolute Gasteiger partial charge is 0.493 e. The van der Waals surface area contributed by atoms with Crippen LogP contribution in [0.25, 0.3) is 10.9 Å². The van der Waals surface area contributed by atoms with Crippen molar-refractivity contribution in [3.63, 3.8) is 0 Å². The van der Waals surface area contributed by atoms with Gasteiger partial charge in [-0.2, -0.15) is 0 Å². The summed E-state index contributed by atoms with van der Waals surface area (Å²) < 4.78 is 17.7. The number of amides is 1. The number of thioether (sulfide) groups is 1. The molecule has 0 bridgehead atoms. The van der Waals surface area contributed by atoms with E-state index in [1.807, 2.05) is 48.5 Å². The van der Waals surface area contributed by atoms with E-state index in [0.717, 1.165) is 5.56 Å². The van der Waals surface area contributed by atoms with Gasteiger partial charge in [0.05, 0.1) is 38.8 Å². The quantitative estimate of drug-likeness (QED) is 0.249. The Labute approximate surface area is 213 Å². The normalized spacial score (nSPS) is 10.8. The Kier molecular flexibility index (Phi) is 8.12. The van der Waals surface area contributed by atoms with Crippen molar-refractivity contribution in [2.45, 2.75) is 18.1 Å². The number of hydrogen-bond donors (Lipinski definition) is 1. The van der Waals surface area contributed by atoms with Crippen LogP contribution in [-0.4, -0.2) is 42.5 Å². The van der Waals surface area contributed by atoms with Gasteiger partial charge in [-0.1, -0.05) is 54.2 Å². The minimum absolute atomic E-state index is 0.103. The number of methoxy groups -OCH3 is 3. The Bertz CT molecular complexity index is 1400. The zero-order valence-corrected chi connectivity index (χ0v) is 21.1. The van der Waals surface area contributed by atoms with Crippen LogP contribution in [0.4, 0.5) is 5.69 Å². The van der Waals surface area contributed by atoms with Gasteiger partial charge < -0.3 is 19.5 Å². The van der Waals surface area contributed by atoms with Crippen molar-refractivity contribution in [2.24, 2.45) is 0 Å². The van der Waals surface area contributed by atoms with Crippen molar-refractivity contribution < 1.29 is 19.0 Å². The summed E-state index contributed by atoms with van der Waals surface area (Å²) in [6.45, 7) is 0.400. The monoisotopic (exact) mass is 505 g/mol. The molecule has 1 heterocycles. The maximum Gasteiger partial charge on any atom is 0.262 e. The maximum atomic E-state index is 13.3. The van der Waals surface area contributed by atoms with Crippen molar-refractivity contribution in [1.82, 2.24) is 9.55 Å². The zero-order valence-electron chi connectivity index (χ0n) is 20.3. The average molecular weight is 506 g/mol. The summed E-state index contributed by atoms with van der Waals surface area (Å²) >= 11 is 1.38. The Balaban J connectivity index is 1.50. The first-order chi connectivity index (χ1) is 17.5. The van der Waals surface area contributed by atoms with E-state index < -0.39 is 0 Å². The number of aromatic nitrogens is 2. The molecule has 36 heavy (non-hydrogen) atoms. The van der Waals surface area contributed by atoms with E-state index in [9.17, 15) is 9.59 Å². The number of benzene rings is 3. The number of fused-ring (bicyclic) bond motifs is 1. The van der Waals surface area contributed by atoms with E-state index in [2.05, 4.69) is 5.32 Å². The highest BCUT2D eigenvalue weighted by Gasteiger charge is 2.16. The first kappa shape index (κ1) is 25.1. The van der Waals surface area contributed by atoms with Crippen LogP contribution >= 0.6 is 11.8 Å². The molecule has 0 aliphatic rings. The molecule has 186 valence electrons. The van der Waals surface area contributed by atoms with Crippen molar-refractivity contribution >= 4 is 34.3 Å². The van der Waals surface area contributed by atoms with Crippen LogP contribution < -0.4 is 25.1 Å². The first-order valence-electron chi connectivity index (χ1n) is 11.3. The lowest BCUT2D eigenvalue weighted by Crippen LogP contribution is -2.24. The van der Waals surface area contributed by atoms with E-state index in [0.29, 0.717) is 51.3 Å². The van der Waals surface area contributed by atoms with Gasteiger partial charge in [0.15, 0.2) is 16.7 Å². The Morgan fingerprint density at radius 1 is 0.944 bits per heavy atom. The van der Waals surface area contributed by atoms with Crippen molar-refractivity contribution in [3.8, 4) is 17.2 Å². The number of nitrogens with one attached hydrogen (secondary N) is 1. The van der Waals surface area contributed by atoms with E-state index in [-0.39, 0.29) is 17.9 Å². The van der Waals surface area contributed by atoms with Crippen molar-refractivity contribution in [2.75, 3.05) is 32.4 Å². The molecule has 0 aliphatic heterocycles. The standard InChI is InChI=1S/C27H27N3O5S/c1-33-22-15-19(16-23(34-2)25(22)35-3)28-24(31)13-14-36-27-29-21-12-8-7-11-20(21)26(32)30(27)17-18-9-5-4-6-10-18/h4-12,15-16H,13-14,17H2,1-3H3,(H,28,31). The van der Waals surface area contributed by atoms with Crippen LogP contribution in [0.1, 0.15) is 12.0 Å². The number of anilines is 1. The Morgan fingerprint density at radius 2 is 1.61 bits per heavy atom. The molecule has 8 nitrogen and oxygen atoms in total. The van der Waals surface area contributed by atoms with E-state index in [1.54, 1.807) is 22.8 Å². The molecule has 1 N–H and O–H groups in total. The summed E-state index contributed by atoms with van der Waals surface area (Å²) in [6, 6.07) is 20.4. The molecule has 4 aromatic rings. The highest BCUT2D eigenvalue weighted by molar-refractivity contribution is 7.99. The first-order valence-corrected chi connectivity index (χ1v) is 12.3. The highest BCUT2D eigenvalue weighted by atomic mass is 32.2. The Morgan fingerprint density at radius 3 is 2.28 bits per heavy atom. The van der Waals surface area contributed by atoms with Crippen LogP contribution in [0, 0.1) is 0 Å². The molecular weight excluding hydrogens is 478 g/mol. The predicted molar refractivity (Wildman–Crippen MR) is 142 cm³/mol. The van der Waals surface area contributed by atoms with E-state index >= 15 is 0 Å². The molecule has 0 saturated heterocycles. The lowest BCUT2D eigenvalue weighted by molar-refractivity contribution is -0.115. The second-order valence-corrected chi connectivity index (χ2v) is 8.91. The Hall–Kier alpha value is -3.98. The summed E-state index contributed by atoms with van der Waals surface area (Å²) in [5.41, 5.74) is 2.06. The van der Waals surface area contributed by atoms with Gasteiger partial charge in [0.1, 0.15) is 0 Å². The average Bonchev–Trinajstić information content (AvgIpc) is 2.90. The number of ether oxygens (including phenoxy) is 3. The van der Waals surface area contributed by atoms with Crippen LogP contribution in [0.5, 0.6) is 17.2 Å². The minimum Gasteiger partial charge on any atom is -0.493 e. The second kappa shape index (κ2) is 11.6. The van der Waals surface area contributed by atoms with Gasteiger partial charge in [0.25, 0.3) is 5.56 Å². The fraction of sp³-hybridized carbons (Fsp3) is 0.222. The fourth-order valence-corrected chi connectivity index (χ4v) is 4.71. The van der Waals surface area contributed by atoms with Gasteiger partial charge in [-0.05, 0) is 17.7 Å². The molecule has 0 radical (unpaired) electrons. The molecule has 0 saturated carbocycles. The molecular formula is C27H27N3O5S. The summed E-state index contributed by atoms with van der Waals surface area (Å²) in [4.78, 5) is 30.7. The topological polar surface area (TPSA) is 91.7 Å². The summed E-state index contributed by atoms with van der Waals surface area (Å²) in [5, 5.41) is 4.01. The second-order valence-electron chi connectivity index (χ2n) is 7.85. The SMILES string of the molecule is COc1cc(NC(=O)CCSc2nc3ccccc3c(=O)n2Cc2ccccc2)cc(OC)c1OC. The molecule has 3 aromatic carbocycles. The number of rotatable bonds is 10. The smallest absolute Gasteiger partial charge is 0.262 e. The van der Waals surface area contributed by atoms with Crippen LogP contribution in [0.3, 0.4) is 0 Å². The summed E-state index contributed by atoms with van der Waals surface area (Å²) in [5.74, 6) is 1.61. The lowest BCUT2D eigenvalue weighted by Gasteiger charge is -2.15. The van der Waals surface area contributed by atoms with Crippen LogP contribution in [0.15, 0.2) is 76.7 Å². The van der Waals surface area contributed by atoms with Gasteiger partial charge in [-0.25, -0.2) is 4.98 Å². The summed E-state index contributed by atoms with van der Waals surface area (Å²) in [6.07, 6.45) is 0.218. The molecule has 9 heteroatoms. The highest BCUT2D eigenvalue weighted by Crippen LogP contribution is 2.40. The number of carbonyl (C=O) groups is 1. The van der Waals surface area contributed by atoms with E-state index in [4.69, 9.17) is 19.2 Å². The molecule has 0 atom stereocenters. The van der Waals surface area contributed by atoms with Gasteiger partial charge >= 0.3 is 0 Å². The number of para-hydroxylation sites is 1. The van der Waals surface area contributed by atoms with Crippen molar-refractivity contribution in [1.29, 1.82) is 0 Å². The van der Waals surface area contributed by atoms with Crippen LogP contribution in [-0.2, 0) is 11.3 Å². The third-order valence-corrected chi connectivity index (χ3v) is 6.50. The van der Waals surface area contributed by atoms with Crippen LogP contribution in [0.2, 0.25) is 0 Å². The molecule has 0 spiro atoms. The molecule has 1 aromatic heterocycles. The molecule has 0 aliphatic carbocycles. The number of carbonyl (C=O) groups excluding carboxylic acids is 1. The molecule has 4 rings (SSSR count). The van der Waals surface area contributed by atoms with E-state index in [1.165, 1.54) is 33.1 Å². The third-order valence-electron chi connectivity index (χ3n) is 5.52. The molecule has 1 amide bonds. The van der Waals surface area contributed by atoms with Gasteiger partial charge in [-0.15, -0.1) is 0 Å². The number of hydrogen-bond acceptors (Lipinski definition) is 7. The van der Waals surface area contributed by atoms with Gasteiger partial charge in [0.2, 0.25) is 11.7 Å². The van der Waals surface area contributed by atoms with Gasteiger partial charge in [-0.3, -0.25) is 14.2 Å². The van der Waals surface area contributed by atoms with Gasteiger partial charge in [0, 0.05) is 30.0 Å². The zero-order chi connectivity index (χ0) is 25.5. The minimum atomic E-state index is -0.186. The molecule has 0 unspecified atom stereocenters. The number of nitrogens with zero attached hydrogens (tertiary/aromatic N) is 2. The van der Waals surface area contributed by atoms with Crippen molar-refractivity contribution in [3.05, 3.63) is 82.6 Å². The molecule has 0 fully saturated rings. The lowest BCUT2D eigenvalue weighted by atomic mass is 10.2.